The molecule has 0 spiro atoms. The van der Waals surface area contributed by atoms with Crippen LogP contribution in [0.4, 0.5) is 11.4 Å². The summed E-state index contributed by atoms with van der Waals surface area (Å²) in [5.74, 6) is 0.247. The number of nitrogens with zero attached hydrogens (tertiary/aromatic N) is 2. The minimum absolute atomic E-state index is 0.247. The largest absolute Gasteiger partial charge is 0.369 e. The zero-order valence-corrected chi connectivity index (χ0v) is 18.1. The number of rotatable bonds is 6. The van der Waals surface area contributed by atoms with Crippen LogP contribution >= 0.6 is 0 Å². The number of benzene rings is 2. The SMILES string of the molecule is Cc1ccccc1N1CCN(CCCCC23CCCc4cccc(c42)NC3=O)CC1. The molecule has 1 unspecified atom stereocenters. The van der Waals surface area contributed by atoms with Gasteiger partial charge < -0.3 is 10.2 Å². The summed E-state index contributed by atoms with van der Waals surface area (Å²) in [4.78, 5) is 18.1. The molecule has 158 valence electrons. The first-order chi connectivity index (χ1) is 14.7. The molecule has 1 aliphatic carbocycles. The summed E-state index contributed by atoms with van der Waals surface area (Å²) in [5.41, 5.74) is 6.29. The van der Waals surface area contributed by atoms with E-state index in [9.17, 15) is 4.79 Å². The minimum Gasteiger partial charge on any atom is -0.369 e. The van der Waals surface area contributed by atoms with Gasteiger partial charge in [-0.1, -0.05) is 36.8 Å². The first-order valence-electron chi connectivity index (χ1n) is 11.6. The van der Waals surface area contributed by atoms with Crippen LogP contribution in [0.15, 0.2) is 42.5 Å². The van der Waals surface area contributed by atoms with E-state index in [0.29, 0.717) is 0 Å². The zero-order chi connectivity index (χ0) is 20.6. The summed E-state index contributed by atoms with van der Waals surface area (Å²) in [6, 6.07) is 15.1. The van der Waals surface area contributed by atoms with Gasteiger partial charge in [-0.2, -0.15) is 0 Å². The minimum atomic E-state index is -0.256. The van der Waals surface area contributed by atoms with E-state index in [0.717, 1.165) is 70.5 Å². The fourth-order valence-electron chi connectivity index (χ4n) is 5.91. The average molecular weight is 404 g/mol. The molecule has 1 N–H and O–H groups in total. The highest BCUT2D eigenvalue weighted by Gasteiger charge is 2.48. The molecule has 2 heterocycles. The molecular weight excluding hydrogens is 370 g/mol. The highest BCUT2D eigenvalue weighted by molar-refractivity contribution is 6.07. The summed E-state index contributed by atoms with van der Waals surface area (Å²) in [6.07, 6.45) is 6.55. The highest BCUT2D eigenvalue weighted by Crippen LogP contribution is 2.49. The molecule has 4 nitrogen and oxygen atoms in total. The van der Waals surface area contributed by atoms with Gasteiger partial charge in [0.2, 0.25) is 5.91 Å². The summed E-state index contributed by atoms with van der Waals surface area (Å²) < 4.78 is 0. The lowest BCUT2D eigenvalue weighted by atomic mass is 9.68. The number of unbranched alkanes of at least 4 members (excludes halogenated alkanes) is 1. The number of para-hydroxylation sites is 1. The van der Waals surface area contributed by atoms with Gasteiger partial charge in [-0.15, -0.1) is 0 Å². The lowest BCUT2D eigenvalue weighted by molar-refractivity contribution is -0.121. The molecule has 5 rings (SSSR count). The fourth-order valence-corrected chi connectivity index (χ4v) is 5.91. The van der Waals surface area contributed by atoms with E-state index in [1.807, 2.05) is 0 Å². The number of nitrogens with one attached hydrogen (secondary N) is 1. The van der Waals surface area contributed by atoms with Gasteiger partial charge in [0.05, 0.1) is 5.41 Å². The van der Waals surface area contributed by atoms with Crippen LogP contribution in [-0.4, -0.2) is 43.5 Å². The number of hydrogen-bond donors (Lipinski definition) is 1. The van der Waals surface area contributed by atoms with E-state index in [-0.39, 0.29) is 11.3 Å². The number of carbonyl (C=O) groups excluding carboxylic acids is 1. The number of hydrogen-bond acceptors (Lipinski definition) is 3. The van der Waals surface area contributed by atoms with Crippen molar-refractivity contribution in [1.29, 1.82) is 0 Å². The van der Waals surface area contributed by atoms with Gasteiger partial charge in [-0.05, 0) is 74.4 Å². The molecule has 2 aromatic rings. The van der Waals surface area contributed by atoms with E-state index in [1.165, 1.54) is 28.8 Å². The standard InChI is InChI=1S/C26H33N3O/c1-20-8-2-3-12-23(20)29-18-16-28(17-19-29)15-5-4-13-26-14-7-10-21-9-6-11-22(24(21)26)27-25(26)30/h2-3,6,8-9,11-12H,4-5,7,10,13-19H2,1H3,(H,27,30). The Morgan fingerprint density at radius 1 is 1.00 bits per heavy atom. The van der Waals surface area contributed by atoms with Crippen LogP contribution in [0.1, 0.15) is 48.8 Å². The van der Waals surface area contributed by atoms with Crippen LogP contribution < -0.4 is 10.2 Å². The molecule has 4 heteroatoms. The predicted octanol–water partition coefficient (Wildman–Crippen LogP) is 4.51. The molecule has 1 amide bonds. The Labute approximate surface area is 180 Å². The first-order valence-corrected chi connectivity index (χ1v) is 11.6. The maximum atomic E-state index is 12.9. The molecule has 3 aliphatic rings. The van der Waals surface area contributed by atoms with Crippen molar-refractivity contribution in [3.05, 3.63) is 59.2 Å². The second kappa shape index (κ2) is 8.07. The van der Waals surface area contributed by atoms with Crippen molar-refractivity contribution in [3.63, 3.8) is 0 Å². The van der Waals surface area contributed by atoms with Crippen molar-refractivity contribution in [3.8, 4) is 0 Å². The van der Waals surface area contributed by atoms with Gasteiger partial charge in [-0.3, -0.25) is 9.69 Å². The van der Waals surface area contributed by atoms with Crippen LogP contribution in [-0.2, 0) is 16.6 Å². The molecule has 2 aliphatic heterocycles. The Balaban J connectivity index is 1.14. The second-order valence-electron chi connectivity index (χ2n) is 9.30. The molecule has 2 aromatic carbocycles. The van der Waals surface area contributed by atoms with Crippen molar-refractivity contribution < 1.29 is 4.79 Å². The van der Waals surface area contributed by atoms with Crippen LogP contribution in [0.5, 0.6) is 0 Å². The van der Waals surface area contributed by atoms with E-state index in [4.69, 9.17) is 0 Å². The van der Waals surface area contributed by atoms with Gasteiger partial charge in [0.25, 0.3) is 0 Å². The Morgan fingerprint density at radius 2 is 1.83 bits per heavy atom. The number of piperazine rings is 1. The van der Waals surface area contributed by atoms with E-state index < -0.39 is 0 Å². The number of carbonyl (C=O) groups is 1. The molecule has 0 saturated carbocycles. The van der Waals surface area contributed by atoms with Crippen LogP contribution in [0.2, 0.25) is 0 Å². The summed E-state index contributed by atoms with van der Waals surface area (Å²) in [6.45, 7) is 7.82. The number of amides is 1. The van der Waals surface area contributed by atoms with Gasteiger partial charge in [-0.25, -0.2) is 0 Å². The monoisotopic (exact) mass is 403 g/mol. The normalized spacial score (nSPS) is 23.4. The first kappa shape index (κ1) is 19.6. The van der Waals surface area contributed by atoms with E-state index >= 15 is 0 Å². The smallest absolute Gasteiger partial charge is 0.235 e. The quantitative estimate of drug-likeness (QED) is 0.721. The Bertz CT molecular complexity index is 932. The molecule has 1 atom stereocenters. The summed E-state index contributed by atoms with van der Waals surface area (Å²) in [5, 5.41) is 3.18. The third kappa shape index (κ3) is 3.41. The Hall–Kier alpha value is -2.33. The van der Waals surface area contributed by atoms with Crippen molar-refractivity contribution in [2.24, 2.45) is 0 Å². The molecule has 0 aromatic heterocycles. The van der Waals surface area contributed by atoms with Crippen molar-refractivity contribution in [2.75, 3.05) is 42.9 Å². The molecule has 1 fully saturated rings. The van der Waals surface area contributed by atoms with Crippen LogP contribution in [0, 0.1) is 6.92 Å². The number of anilines is 2. The van der Waals surface area contributed by atoms with Gasteiger partial charge in [0, 0.05) is 37.6 Å². The lowest BCUT2D eigenvalue weighted by Gasteiger charge is -2.37. The summed E-state index contributed by atoms with van der Waals surface area (Å²) >= 11 is 0. The van der Waals surface area contributed by atoms with Crippen LogP contribution in [0.3, 0.4) is 0 Å². The van der Waals surface area contributed by atoms with E-state index in [1.54, 1.807) is 0 Å². The van der Waals surface area contributed by atoms with Gasteiger partial charge in [0.1, 0.15) is 0 Å². The van der Waals surface area contributed by atoms with E-state index in [2.05, 4.69) is 64.5 Å². The molecule has 1 saturated heterocycles. The third-order valence-corrected chi connectivity index (χ3v) is 7.52. The van der Waals surface area contributed by atoms with Crippen molar-refractivity contribution in [1.82, 2.24) is 4.90 Å². The molecular formula is C26H33N3O. The fraction of sp³-hybridized carbons (Fsp3) is 0.500. The molecule has 0 bridgehead atoms. The molecule has 30 heavy (non-hydrogen) atoms. The van der Waals surface area contributed by atoms with Crippen LogP contribution in [0.25, 0.3) is 0 Å². The zero-order valence-electron chi connectivity index (χ0n) is 18.1. The third-order valence-electron chi connectivity index (χ3n) is 7.52. The maximum absolute atomic E-state index is 12.9. The number of aryl methyl sites for hydroxylation is 2. The summed E-state index contributed by atoms with van der Waals surface area (Å²) in [7, 11) is 0. The molecule has 0 radical (unpaired) electrons. The predicted molar refractivity (Wildman–Crippen MR) is 123 cm³/mol. The Kier molecular flexibility index (Phi) is 5.28. The Morgan fingerprint density at radius 3 is 2.67 bits per heavy atom. The van der Waals surface area contributed by atoms with Gasteiger partial charge in [0.15, 0.2) is 0 Å². The lowest BCUT2D eigenvalue weighted by Crippen LogP contribution is -2.46. The topological polar surface area (TPSA) is 35.6 Å². The van der Waals surface area contributed by atoms with Crippen molar-refractivity contribution in [2.45, 2.75) is 50.9 Å². The van der Waals surface area contributed by atoms with Crippen molar-refractivity contribution >= 4 is 17.3 Å². The maximum Gasteiger partial charge on any atom is 0.235 e. The van der Waals surface area contributed by atoms with Gasteiger partial charge >= 0.3 is 0 Å². The highest BCUT2D eigenvalue weighted by atomic mass is 16.2. The average Bonchev–Trinajstić information content (AvgIpc) is 3.06. The second-order valence-corrected chi connectivity index (χ2v) is 9.30.